The fourth-order valence-electron chi connectivity index (χ4n) is 2.50. The number of esters is 1. The second-order valence-electron chi connectivity index (χ2n) is 5.80. The first-order chi connectivity index (χ1) is 12.1. The van der Waals surface area contributed by atoms with Crippen molar-refractivity contribution in [1.82, 2.24) is 9.97 Å². The summed E-state index contributed by atoms with van der Waals surface area (Å²) in [6.45, 7) is 0. The summed E-state index contributed by atoms with van der Waals surface area (Å²) >= 11 is 0. The van der Waals surface area contributed by atoms with E-state index in [0.29, 0.717) is 11.4 Å². The van der Waals surface area contributed by atoms with Crippen LogP contribution in [0.4, 0.5) is 5.82 Å². The Morgan fingerprint density at radius 3 is 2.32 bits per heavy atom. The van der Waals surface area contributed by atoms with Gasteiger partial charge in [0.15, 0.2) is 0 Å². The van der Waals surface area contributed by atoms with Gasteiger partial charge in [-0.15, -0.1) is 0 Å². The maximum Gasteiger partial charge on any atom is 0.338 e. The minimum atomic E-state index is -0.376. The number of carbonyl (C=O) groups excluding carboxylic acids is 1. The van der Waals surface area contributed by atoms with Gasteiger partial charge in [-0.1, -0.05) is 30.3 Å². The van der Waals surface area contributed by atoms with Crippen LogP contribution in [-0.4, -0.2) is 37.1 Å². The van der Waals surface area contributed by atoms with E-state index in [9.17, 15) is 4.79 Å². The van der Waals surface area contributed by atoms with Gasteiger partial charge in [0.2, 0.25) is 0 Å². The molecule has 25 heavy (non-hydrogen) atoms. The van der Waals surface area contributed by atoms with E-state index in [1.165, 1.54) is 7.11 Å². The average molecular weight is 333 g/mol. The van der Waals surface area contributed by atoms with Gasteiger partial charge in [-0.05, 0) is 29.3 Å². The maximum absolute atomic E-state index is 11.9. The Morgan fingerprint density at radius 1 is 1.00 bits per heavy atom. The zero-order chi connectivity index (χ0) is 17.8. The van der Waals surface area contributed by atoms with Crippen molar-refractivity contribution in [2.45, 2.75) is 0 Å². The first-order valence-electron chi connectivity index (χ1n) is 7.87. The van der Waals surface area contributed by atoms with Crippen molar-refractivity contribution >= 4 is 11.8 Å². The Morgan fingerprint density at radius 2 is 1.72 bits per heavy atom. The van der Waals surface area contributed by atoms with Crippen molar-refractivity contribution in [1.29, 1.82) is 0 Å². The van der Waals surface area contributed by atoms with Gasteiger partial charge < -0.3 is 9.64 Å². The predicted molar refractivity (Wildman–Crippen MR) is 98.6 cm³/mol. The standard InChI is InChI=1S/C20H19N3O2/c1-23(2)19-12-17(20(24)25-3)11-18(22-19)15-8-6-14(7-9-15)16-5-4-10-21-13-16/h4-13H,1-3H3. The highest BCUT2D eigenvalue weighted by molar-refractivity contribution is 5.91. The van der Waals surface area contributed by atoms with E-state index in [1.54, 1.807) is 18.3 Å². The second-order valence-corrected chi connectivity index (χ2v) is 5.80. The van der Waals surface area contributed by atoms with E-state index in [4.69, 9.17) is 4.74 Å². The summed E-state index contributed by atoms with van der Waals surface area (Å²) in [6.07, 6.45) is 3.58. The van der Waals surface area contributed by atoms with Crippen molar-refractivity contribution in [2.75, 3.05) is 26.1 Å². The topological polar surface area (TPSA) is 55.3 Å². The molecule has 0 atom stereocenters. The van der Waals surface area contributed by atoms with Crippen LogP contribution in [0.1, 0.15) is 10.4 Å². The van der Waals surface area contributed by atoms with Crippen LogP contribution >= 0.6 is 0 Å². The van der Waals surface area contributed by atoms with Gasteiger partial charge >= 0.3 is 5.97 Å². The van der Waals surface area contributed by atoms with Crippen LogP contribution in [0.2, 0.25) is 0 Å². The Bertz CT molecular complexity index is 875. The highest BCUT2D eigenvalue weighted by Crippen LogP contribution is 2.26. The minimum Gasteiger partial charge on any atom is -0.465 e. The molecule has 5 nitrogen and oxygen atoms in total. The number of rotatable bonds is 4. The number of benzene rings is 1. The van der Waals surface area contributed by atoms with E-state index < -0.39 is 0 Å². The summed E-state index contributed by atoms with van der Waals surface area (Å²) in [5, 5.41) is 0. The van der Waals surface area contributed by atoms with Crippen molar-refractivity contribution in [3.05, 3.63) is 66.5 Å². The number of methoxy groups -OCH3 is 1. The van der Waals surface area contributed by atoms with E-state index in [2.05, 4.69) is 9.97 Å². The third-order valence-corrected chi connectivity index (χ3v) is 3.87. The SMILES string of the molecule is COC(=O)c1cc(-c2ccc(-c3cccnc3)cc2)nc(N(C)C)c1. The van der Waals surface area contributed by atoms with E-state index in [1.807, 2.05) is 61.6 Å². The molecule has 0 radical (unpaired) electrons. The number of hydrogen-bond acceptors (Lipinski definition) is 5. The van der Waals surface area contributed by atoms with E-state index >= 15 is 0 Å². The first-order valence-corrected chi connectivity index (χ1v) is 7.87. The van der Waals surface area contributed by atoms with E-state index in [-0.39, 0.29) is 5.97 Å². The van der Waals surface area contributed by atoms with Crippen molar-refractivity contribution in [3.63, 3.8) is 0 Å². The number of hydrogen-bond donors (Lipinski definition) is 0. The Balaban J connectivity index is 2.01. The van der Waals surface area contributed by atoms with Crippen LogP contribution in [0.25, 0.3) is 22.4 Å². The molecule has 5 heteroatoms. The van der Waals surface area contributed by atoms with Crippen molar-refractivity contribution in [2.24, 2.45) is 0 Å². The van der Waals surface area contributed by atoms with Gasteiger partial charge in [-0.25, -0.2) is 9.78 Å². The molecule has 0 aliphatic carbocycles. The molecule has 0 aliphatic rings. The van der Waals surface area contributed by atoms with Crippen molar-refractivity contribution in [3.8, 4) is 22.4 Å². The third-order valence-electron chi connectivity index (χ3n) is 3.87. The highest BCUT2D eigenvalue weighted by atomic mass is 16.5. The number of nitrogens with zero attached hydrogens (tertiary/aromatic N) is 3. The normalized spacial score (nSPS) is 10.4. The van der Waals surface area contributed by atoms with Crippen LogP contribution in [0, 0.1) is 0 Å². The molecule has 0 saturated heterocycles. The lowest BCUT2D eigenvalue weighted by Crippen LogP contribution is -2.13. The Kier molecular flexibility index (Phi) is 4.75. The molecule has 126 valence electrons. The quantitative estimate of drug-likeness (QED) is 0.682. The number of carbonyl (C=O) groups is 1. The third kappa shape index (κ3) is 3.66. The highest BCUT2D eigenvalue weighted by Gasteiger charge is 2.12. The van der Waals surface area contributed by atoms with Gasteiger partial charge in [0.1, 0.15) is 5.82 Å². The molecule has 3 rings (SSSR count). The van der Waals surface area contributed by atoms with Gasteiger partial charge in [0, 0.05) is 32.1 Å². The summed E-state index contributed by atoms with van der Waals surface area (Å²) in [6, 6.07) is 15.4. The zero-order valence-corrected chi connectivity index (χ0v) is 14.4. The second kappa shape index (κ2) is 7.13. The molecule has 0 saturated carbocycles. The fraction of sp³-hybridized carbons (Fsp3) is 0.150. The van der Waals surface area contributed by atoms with E-state index in [0.717, 1.165) is 22.4 Å². The molecule has 0 fully saturated rings. The number of pyridine rings is 2. The van der Waals surface area contributed by atoms with Crippen LogP contribution < -0.4 is 4.90 Å². The fourth-order valence-corrected chi connectivity index (χ4v) is 2.50. The summed E-state index contributed by atoms with van der Waals surface area (Å²) in [7, 11) is 5.15. The van der Waals surface area contributed by atoms with Crippen LogP contribution in [0.3, 0.4) is 0 Å². The molecule has 0 N–H and O–H groups in total. The van der Waals surface area contributed by atoms with Crippen LogP contribution in [0.5, 0.6) is 0 Å². The maximum atomic E-state index is 11.9. The molecule has 1 aromatic carbocycles. The van der Waals surface area contributed by atoms with Gasteiger partial charge in [-0.2, -0.15) is 0 Å². The Hall–Kier alpha value is -3.21. The zero-order valence-electron chi connectivity index (χ0n) is 14.4. The van der Waals surface area contributed by atoms with Gasteiger partial charge in [-0.3, -0.25) is 4.98 Å². The molecular formula is C20H19N3O2. The summed E-state index contributed by atoms with van der Waals surface area (Å²) < 4.78 is 4.85. The smallest absolute Gasteiger partial charge is 0.338 e. The molecule has 0 amide bonds. The predicted octanol–water partition coefficient (Wildman–Crippen LogP) is 3.66. The lowest BCUT2D eigenvalue weighted by molar-refractivity contribution is 0.0600. The monoisotopic (exact) mass is 333 g/mol. The number of anilines is 1. The molecule has 3 aromatic rings. The molecule has 2 aromatic heterocycles. The van der Waals surface area contributed by atoms with Crippen LogP contribution in [-0.2, 0) is 4.74 Å². The summed E-state index contributed by atoms with van der Waals surface area (Å²) in [5.41, 5.74) is 4.27. The van der Waals surface area contributed by atoms with Crippen LogP contribution in [0.15, 0.2) is 60.9 Å². The lowest BCUT2D eigenvalue weighted by atomic mass is 10.0. The molecule has 0 unspecified atom stereocenters. The van der Waals surface area contributed by atoms with Gasteiger partial charge in [0.25, 0.3) is 0 Å². The average Bonchev–Trinajstić information content (AvgIpc) is 2.67. The lowest BCUT2D eigenvalue weighted by Gasteiger charge is -2.14. The van der Waals surface area contributed by atoms with Crippen molar-refractivity contribution < 1.29 is 9.53 Å². The molecule has 0 aliphatic heterocycles. The summed E-state index contributed by atoms with van der Waals surface area (Å²) in [4.78, 5) is 22.6. The number of ether oxygens (including phenoxy) is 1. The number of aromatic nitrogens is 2. The van der Waals surface area contributed by atoms with Gasteiger partial charge in [0.05, 0.1) is 18.4 Å². The summed E-state index contributed by atoms with van der Waals surface area (Å²) in [5.74, 6) is 0.327. The molecule has 2 heterocycles. The largest absolute Gasteiger partial charge is 0.465 e. The Labute approximate surface area is 146 Å². The molecular weight excluding hydrogens is 314 g/mol. The molecule has 0 spiro atoms. The molecule has 0 bridgehead atoms. The minimum absolute atomic E-state index is 0.376. The first kappa shape index (κ1) is 16.6.